The highest BCUT2D eigenvalue weighted by molar-refractivity contribution is 8.21. The summed E-state index contributed by atoms with van der Waals surface area (Å²) in [5.41, 5.74) is 0.450. The molecule has 0 aromatic heterocycles. The molecule has 0 radical (unpaired) electrons. The van der Waals surface area contributed by atoms with E-state index in [0.29, 0.717) is 22.8 Å². The molecule has 0 saturated carbocycles. The van der Waals surface area contributed by atoms with E-state index in [0.717, 1.165) is 4.24 Å². The molecule has 0 bridgehead atoms. The summed E-state index contributed by atoms with van der Waals surface area (Å²) in [4.78, 5) is 12.3. The normalized spacial score (nSPS) is 9.85. The molecule has 0 N–H and O–H groups in total. The van der Waals surface area contributed by atoms with Crippen molar-refractivity contribution in [3.8, 4) is 17.2 Å². The SMILES string of the molecule is COc1ccc(C(=O)C=C(SC)SC)c(OC)c1OC. The first-order valence-electron chi connectivity index (χ1n) is 5.75. The van der Waals surface area contributed by atoms with Gasteiger partial charge in [0.15, 0.2) is 17.3 Å². The molecule has 1 aromatic carbocycles. The fourth-order valence-electron chi connectivity index (χ4n) is 1.68. The lowest BCUT2D eigenvalue weighted by Crippen LogP contribution is -2.03. The number of methoxy groups -OCH3 is 3. The van der Waals surface area contributed by atoms with Crippen LogP contribution in [0.15, 0.2) is 22.4 Å². The molecule has 0 aliphatic heterocycles. The molecular formula is C14H18O4S2. The molecule has 0 amide bonds. The number of carbonyl (C=O) groups excluding carboxylic acids is 1. The van der Waals surface area contributed by atoms with Crippen LogP contribution in [-0.2, 0) is 0 Å². The van der Waals surface area contributed by atoms with Crippen LogP contribution in [-0.4, -0.2) is 39.6 Å². The van der Waals surface area contributed by atoms with E-state index >= 15 is 0 Å². The minimum atomic E-state index is -0.124. The van der Waals surface area contributed by atoms with Crippen LogP contribution in [0.25, 0.3) is 0 Å². The predicted molar refractivity (Wildman–Crippen MR) is 85.5 cm³/mol. The Morgan fingerprint density at radius 2 is 1.60 bits per heavy atom. The van der Waals surface area contributed by atoms with Crippen LogP contribution in [0.1, 0.15) is 10.4 Å². The highest BCUT2D eigenvalue weighted by Gasteiger charge is 2.19. The van der Waals surface area contributed by atoms with Crippen LogP contribution in [0.4, 0.5) is 0 Å². The average Bonchev–Trinajstić information content (AvgIpc) is 2.50. The minimum absolute atomic E-state index is 0.124. The summed E-state index contributed by atoms with van der Waals surface area (Å²) in [6.07, 6.45) is 5.46. The van der Waals surface area contributed by atoms with Crippen molar-refractivity contribution < 1.29 is 19.0 Å². The van der Waals surface area contributed by atoms with Gasteiger partial charge in [-0.2, -0.15) is 0 Å². The molecule has 1 rings (SSSR count). The van der Waals surface area contributed by atoms with E-state index < -0.39 is 0 Å². The first-order valence-corrected chi connectivity index (χ1v) is 8.20. The highest BCUT2D eigenvalue weighted by Crippen LogP contribution is 2.40. The van der Waals surface area contributed by atoms with Crippen molar-refractivity contribution in [2.45, 2.75) is 0 Å². The average molecular weight is 314 g/mol. The Labute approximate surface area is 127 Å². The van der Waals surface area contributed by atoms with E-state index in [4.69, 9.17) is 14.2 Å². The summed E-state index contributed by atoms with van der Waals surface area (Å²) in [6, 6.07) is 3.37. The quantitative estimate of drug-likeness (QED) is 0.567. The van der Waals surface area contributed by atoms with Crippen molar-refractivity contribution in [2.75, 3.05) is 33.8 Å². The molecule has 0 fully saturated rings. The second-order valence-corrected chi connectivity index (χ2v) is 5.57. The van der Waals surface area contributed by atoms with Gasteiger partial charge in [-0.3, -0.25) is 4.79 Å². The Balaban J connectivity index is 3.31. The van der Waals surface area contributed by atoms with Gasteiger partial charge in [-0.25, -0.2) is 0 Å². The number of rotatable bonds is 7. The summed E-state index contributed by atoms with van der Waals surface area (Å²) >= 11 is 3.06. The topological polar surface area (TPSA) is 44.8 Å². The summed E-state index contributed by atoms with van der Waals surface area (Å²) in [5.74, 6) is 1.21. The van der Waals surface area contributed by atoms with E-state index in [2.05, 4.69) is 0 Å². The lowest BCUT2D eigenvalue weighted by atomic mass is 10.1. The number of hydrogen-bond donors (Lipinski definition) is 0. The largest absolute Gasteiger partial charge is 0.493 e. The third-order valence-electron chi connectivity index (χ3n) is 2.62. The van der Waals surface area contributed by atoms with E-state index in [9.17, 15) is 4.79 Å². The fraction of sp³-hybridized carbons (Fsp3) is 0.357. The fourth-order valence-corrected chi connectivity index (χ4v) is 2.80. The second-order valence-electron chi connectivity index (χ2n) is 3.62. The summed E-state index contributed by atoms with van der Waals surface area (Å²) in [7, 11) is 4.56. The summed E-state index contributed by atoms with van der Waals surface area (Å²) < 4.78 is 16.7. The third kappa shape index (κ3) is 3.64. The zero-order chi connectivity index (χ0) is 15.1. The lowest BCUT2D eigenvalue weighted by molar-refractivity contribution is 0.104. The molecule has 0 heterocycles. The van der Waals surface area contributed by atoms with Crippen LogP contribution >= 0.6 is 23.5 Å². The first-order chi connectivity index (χ1) is 9.62. The zero-order valence-corrected chi connectivity index (χ0v) is 13.8. The smallest absolute Gasteiger partial charge is 0.204 e. The first kappa shape index (κ1) is 16.8. The van der Waals surface area contributed by atoms with Crippen LogP contribution in [0, 0.1) is 0 Å². The third-order valence-corrected chi connectivity index (χ3v) is 4.66. The molecule has 4 nitrogen and oxygen atoms in total. The zero-order valence-electron chi connectivity index (χ0n) is 12.2. The predicted octanol–water partition coefficient (Wildman–Crippen LogP) is 3.46. The molecule has 20 heavy (non-hydrogen) atoms. The Bertz CT molecular complexity index is 506. The second kappa shape index (κ2) is 8.11. The van der Waals surface area contributed by atoms with Crippen molar-refractivity contribution in [3.63, 3.8) is 0 Å². The summed E-state index contributed by atoms with van der Waals surface area (Å²) in [5, 5.41) is 0. The van der Waals surface area contributed by atoms with Gasteiger partial charge in [-0.15, -0.1) is 23.5 Å². The number of carbonyl (C=O) groups is 1. The molecule has 0 spiro atoms. The maximum Gasteiger partial charge on any atom is 0.204 e. The van der Waals surface area contributed by atoms with Gasteiger partial charge in [0.05, 0.1) is 26.9 Å². The molecule has 6 heteroatoms. The van der Waals surface area contributed by atoms with E-state index in [1.165, 1.54) is 44.9 Å². The Morgan fingerprint density at radius 3 is 2.05 bits per heavy atom. The molecule has 0 aliphatic rings. The number of allylic oxidation sites excluding steroid dienone is 1. The van der Waals surface area contributed by atoms with E-state index in [-0.39, 0.29) is 5.78 Å². The van der Waals surface area contributed by atoms with Crippen LogP contribution in [0.5, 0.6) is 17.2 Å². The number of benzene rings is 1. The van der Waals surface area contributed by atoms with Crippen molar-refractivity contribution in [3.05, 3.63) is 28.0 Å². The van der Waals surface area contributed by atoms with Crippen LogP contribution in [0.3, 0.4) is 0 Å². The van der Waals surface area contributed by atoms with Crippen LogP contribution in [0.2, 0.25) is 0 Å². The van der Waals surface area contributed by atoms with Crippen molar-refractivity contribution >= 4 is 29.3 Å². The molecule has 1 aromatic rings. The lowest BCUT2D eigenvalue weighted by Gasteiger charge is -2.14. The van der Waals surface area contributed by atoms with Gasteiger partial charge in [-0.1, -0.05) is 0 Å². The van der Waals surface area contributed by atoms with Gasteiger partial charge < -0.3 is 14.2 Å². The van der Waals surface area contributed by atoms with Gasteiger partial charge in [0, 0.05) is 10.3 Å². The van der Waals surface area contributed by atoms with Gasteiger partial charge in [-0.05, 0) is 24.6 Å². The maximum absolute atomic E-state index is 12.3. The highest BCUT2D eigenvalue weighted by atomic mass is 32.2. The van der Waals surface area contributed by atoms with Gasteiger partial charge in [0.25, 0.3) is 0 Å². The molecule has 0 unspecified atom stereocenters. The maximum atomic E-state index is 12.3. The number of hydrogen-bond acceptors (Lipinski definition) is 6. The van der Waals surface area contributed by atoms with E-state index in [1.54, 1.807) is 18.2 Å². The van der Waals surface area contributed by atoms with Gasteiger partial charge in [0.2, 0.25) is 5.75 Å². The van der Waals surface area contributed by atoms with Crippen molar-refractivity contribution in [2.24, 2.45) is 0 Å². The molecule has 110 valence electrons. The van der Waals surface area contributed by atoms with E-state index in [1.807, 2.05) is 12.5 Å². The molecule has 0 atom stereocenters. The number of ether oxygens (including phenoxy) is 3. The molecule has 0 saturated heterocycles. The monoisotopic (exact) mass is 314 g/mol. The Hall–Kier alpha value is -1.27. The Morgan fingerprint density at radius 1 is 1.00 bits per heavy atom. The summed E-state index contributed by atoms with van der Waals surface area (Å²) in [6.45, 7) is 0. The van der Waals surface area contributed by atoms with Gasteiger partial charge in [0.1, 0.15) is 0 Å². The number of thioether (sulfide) groups is 2. The minimum Gasteiger partial charge on any atom is -0.493 e. The van der Waals surface area contributed by atoms with Gasteiger partial charge >= 0.3 is 0 Å². The van der Waals surface area contributed by atoms with Crippen molar-refractivity contribution in [1.29, 1.82) is 0 Å². The van der Waals surface area contributed by atoms with Crippen molar-refractivity contribution in [1.82, 2.24) is 0 Å². The number of ketones is 1. The molecule has 0 aliphatic carbocycles. The molecular weight excluding hydrogens is 296 g/mol. The van der Waals surface area contributed by atoms with Crippen LogP contribution < -0.4 is 14.2 Å². The standard InChI is InChI=1S/C14H18O4S2/c1-16-11-7-6-9(13(17-2)14(11)18-3)10(15)8-12(19-4)20-5/h6-8H,1-5H3. The Kier molecular flexibility index (Phi) is 6.81.